The first-order valence-corrected chi connectivity index (χ1v) is 14.5. The van der Waals surface area contributed by atoms with E-state index in [9.17, 15) is 9.59 Å². The molecule has 0 saturated heterocycles. The molecule has 5 rings (SSSR count). The molecule has 0 saturated carbocycles. The van der Waals surface area contributed by atoms with Gasteiger partial charge in [0, 0.05) is 0 Å². The van der Waals surface area contributed by atoms with Gasteiger partial charge in [-0.1, -0.05) is 53.3 Å². The van der Waals surface area contributed by atoms with Gasteiger partial charge in [-0.05, 0) is 74.4 Å². The lowest BCUT2D eigenvalue weighted by atomic mass is 9.96. The SMILES string of the molecule is CCOC(=O)C1=C(C)N=c2s/c(=C/c3cccc(OCCOc4ccc(C)cc4)c3)c(=O)n2[C@@H]1c1ccc(OC)cc1. The van der Waals surface area contributed by atoms with Crippen molar-refractivity contribution < 1.29 is 23.7 Å². The summed E-state index contributed by atoms with van der Waals surface area (Å²) in [5, 5.41) is 0. The third-order valence-electron chi connectivity index (χ3n) is 6.75. The molecule has 42 heavy (non-hydrogen) atoms. The number of aryl methyl sites for hydroxylation is 1. The van der Waals surface area contributed by atoms with Crippen LogP contribution in [0.4, 0.5) is 0 Å². The minimum Gasteiger partial charge on any atom is -0.497 e. The maximum atomic E-state index is 13.8. The zero-order valence-electron chi connectivity index (χ0n) is 24.0. The van der Waals surface area contributed by atoms with E-state index >= 15 is 0 Å². The van der Waals surface area contributed by atoms with E-state index in [1.807, 2.05) is 73.7 Å². The Kier molecular flexibility index (Phi) is 8.88. The number of hydrogen-bond acceptors (Lipinski definition) is 8. The van der Waals surface area contributed by atoms with Crippen LogP contribution in [-0.2, 0) is 9.53 Å². The summed E-state index contributed by atoms with van der Waals surface area (Å²) in [6.45, 7) is 6.54. The predicted molar refractivity (Wildman–Crippen MR) is 162 cm³/mol. The third kappa shape index (κ3) is 6.31. The first-order chi connectivity index (χ1) is 20.4. The second-order valence-corrected chi connectivity index (χ2v) is 10.7. The van der Waals surface area contributed by atoms with E-state index in [1.54, 1.807) is 37.7 Å². The molecule has 0 unspecified atom stereocenters. The van der Waals surface area contributed by atoms with Crippen molar-refractivity contribution in [2.24, 2.45) is 4.99 Å². The Morgan fingerprint density at radius 2 is 1.64 bits per heavy atom. The van der Waals surface area contributed by atoms with Crippen molar-refractivity contribution >= 4 is 23.4 Å². The second-order valence-electron chi connectivity index (χ2n) is 9.66. The van der Waals surface area contributed by atoms with Gasteiger partial charge in [-0.25, -0.2) is 9.79 Å². The van der Waals surface area contributed by atoms with Crippen LogP contribution in [0.3, 0.4) is 0 Å². The number of esters is 1. The van der Waals surface area contributed by atoms with E-state index < -0.39 is 12.0 Å². The largest absolute Gasteiger partial charge is 0.497 e. The number of benzene rings is 3. The Morgan fingerprint density at radius 1 is 0.952 bits per heavy atom. The Labute approximate surface area is 247 Å². The highest BCUT2D eigenvalue weighted by Gasteiger charge is 2.33. The number of methoxy groups -OCH3 is 1. The van der Waals surface area contributed by atoms with Gasteiger partial charge in [-0.15, -0.1) is 0 Å². The normalized spacial score (nSPS) is 14.7. The van der Waals surface area contributed by atoms with Crippen LogP contribution in [0.15, 0.2) is 93.9 Å². The Bertz CT molecular complexity index is 1790. The van der Waals surface area contributed by atoms with Gasteiger partial charge >= 0.3 is 5.97 Å². The molecule has 1 atom stereocenters. The summed E-state index contributed by atoms with van der Waals surface area (Å²) in [4.78, 5) is 32.1. The van der Waals surface area contributed by atoms with Crippen molar-refractivity contribution in [2.45, 2.75) is 26.8 Å². The molecule has 0 amide bonds. The van der Waals surface area contributed by atoms with Crippen LogP contribution in [0.5, 0.6) is 17.2 Å². The van der Waals surface area contributed by atoms with Gasteiger partial charge in [0.15, 0.2) is 4.80 Å². The number of aromatic nitrogens is 1. The number of ether oxygens (including phenoxy) is 4. The average molecular weight is 585 g/mol. The van der Waals surface area contributed by atoms with E-state index in [1.165, 1.54) is 16.9 Å². The molecule has 2 heterocycles. The van der Waals surface area contributed by atoms with Crippen molar-refractivity contribution in [1.29, 1.82) is 0 Å². The van der Waals surface area contributed by atoms with Gasteiger partial charge in [0.1, 0.15) is 30.5 Å². The van der Waals surface area contributed by atoms with E-state index in [0.717, 1.165) is 16.9 Å². The molecule has 0 bridgehead atoms. The summed E-state index contributed by atoms with van der Waals surface area (Å²) < 4.78 is 24.4. The summed E-state index contributed by atoms with van der Waals surface area (Å²) in [6, 6.07) is 22.0. The first kappa shape index (κ1) is 28.9. The molecule has 0 radical (unpaired) electrons. The number of carbonyl (C=O) groups excluding carboxylic acids is 1. The standard InChI is InChI=1S/C33H32N2O6S/c1-5-39-32(37)29-22(3)34-33-35(30(29)24-11-15-25(38-4)16-12-24)31(36)28(42-33)20-23-7-6-8-27(19-23)41-18-17-40-26-13-9-21(2)10-14-26/h6-16,19-20,30H,5,17-18H2,1-4H3/b28-20+/t30-/m1/s1. The van der Waals surface area contributed by atoms with Crippen molar-refractivity contribution in [3.63, 3.8) is 0 Å². The molecule has 0 aliphatic carbocycles. The summed E-state index contributed by atoms with van der Waals surface area (Å²) in [5.41, 5.74) is 3.35. The summed E-state index contributed by atoms with van der Waals surface area (Å²) in [5.74, 6) is 1.64. The highest BCUT2D eigenvalue weighted by molar-refractivity contribution is 7.07. The van der Waals surface area contributed by atoms with Gasteiger partial charge in [-0.3, -0.25) is 9.36 Å². The smallest absolute Gasteiger partial charge is 0.338 e. The van der Waals surface area contributed by atoms with Gasteiger partial charge < -0.3 is 18.9 Å². The Balaban J connectivity index is 1.43. The van der Waals surface area contributed by atoms with Crippen LogP contribution in [0.2, 0.25) is 0 Å². The molecular formula is C33H32N2O6S. The maximum Gasteiger partial charge on any atom is 0.338 e. The molecule has 9 heteroatoms. The molecule has 4 aromatic rings. The molecule has 3 aromatic carbocycles. The summed E-state index contributed by atoms with van der Waals surface area (Å²) in [7, 11) is 1.59. The molecule has 0 N–H and O–H groups in total. The number of rotatable bonds is 10. The lowest BCUT2D eigenvalue weighted by Gasteiger charge is -2.24. The zero-order chi connectivity index (χ0) is 29.6. The quantitative estimate of drug-likeness (QED) is 0.200. The van der Waals surface area contributed by atoms with Crippen LogP contribution in [0, 0.1) is 6.92 Å². The van der Waals surface area contributed by atoms with E-state index in [-0.39, 0.29) is 12.2 Å². The van der Waals surface area contributed by atoms with Crippen LogP contribution in [0.1, 0.15) is 36.6 Å². The number of fused-ring (bicyclic) bond motifs is 1. The zero-order valence-corrected chi connectivity index (χ0v) is 24.8. The van der Waals surface area contributed by atoms with Gasteiger partial charge in [0.25, 0.3) is 5.56 Å². The van der Waals surface area contributed by atoms with Gasteiger partial charge in [-0.2, -0.15) is 0 Å². The Morgan fingerprint density at radius 3 is 2.33 bits per heavy atom. The number of carbonyl (C=O) groups is 1. The van der Waals surface area contributed by atoms with E-state index in [0.29, 0.717) is 45.3 Å². The monoisotopic (exact) mass is 584 g/mol. The highest BCUT2D eigenvalue weighted by atomic mass is 32.1. The average Bonchev–Trinajstić information content (AvgIpc) is 3.29. The van der Waals surface area contributed by atoms with Crippen LogP contribution >= 0.6 is 11.3 Å². The molecule has 1 aliphatic heterocycles. The van der Waals surface area contributed by atoms with E-state index in [2.05, 4.69) is 4.99 Å². The molecule has 8 nitrogen and oxygen atoms in total. The van der Waals surface area contributed by atoms with Crippen LogP contribution < -0.4 is 29.1 Å². The van der Waals surface area contributed by atoms with Crippen molar-refractivity contribution in [1.82, 2.24) is 4.57 Å². The number of allylic oxidation sites excluding steroid dienone is 1. The first-order valence-electron chi connectivity index (χ1n) is 13.6. The highest BCUT2D eigenvalue weighted by Crippen LogP contribution is 2.31. The molecule has 216 valence electrons. The van der Waals surface area contributed by atoms with Crippen molar-refractivity contribution in [3.8, 4) is 17.2 Å². The minimum atomic E-state index is -0.684. The fraction of sp³-hybridized carbons (Fsp3) is 0.242. The van der Waals surface area contributed by atoms with Gasteiger partial charge in [0.2, 0.25) is 0 Å². The fourth-order valence-corrected chi connectivity index (χ4v) is 5.74. The van der Waals surface area contributed by atoms with Crippen molar-refractivity contribution in [2.75, 3.05) is 26.9 Å². The number of hydrogen-bond donors (Lipinski definition) is 0. The fourth-order valence-electron chi connectivity index (χ4n) is 4.69. The molecule has 1 aliphatic rings. The molecule has 0 spiro atoms. The van der Waals surface area contributed by atoms with Crippen LogP contribution in [-0.4, -0.2) is 37.5 Å². The minimum absolute atomic E-state index is 0.214. The maximum absolute atomic E-state index is 13.8. The summed E-state index contributed by atoms with van der Waals surface area (Å²) in [6.07, 6.45) is 1.81. The summed E-state index contributed by atoms with van der Waals surface area (Å²) >= 11 is 1.28. The number of nitrogens with zero attached hydrogens (tertiary/aromatic N) is 2. The lowest BCUT2D eigenvalue weighted by molar-refractivity contribution is -0.139. The van der Waals surface area contributed by atoms with Crippen molar-refractivity contribution in [3.05, 3.63) is 120 Å². The third-order valence-corrected chi connectivity index (χ3v) is 7.73. The topological polar surface area (TPSA) is 88.4 Å². The lowest BCUT2D eigenvalue weighted by Crippen LogP contribution is -2.39. The van der Waals surface area contributed by atoms with Gasteiger partial charge in [0.05, 0.1) is 35.6 Å². The second kappa shape index (κ2) is 12.9. The molecular weight excluding hydrogens is 552 g/mol. The van der Waals surface area contributed by atoms with Crippen LogP contribution in [0.25, 0.3) is 6.08 Å². The Hall–Kier alpha value is -4.63. The van der Waals surface area contributed by atoms with E-state index in [4.69, 9.17) is 18.9 Å². The molecule has 1 aromatic heterocycles. The number of thiazole rings is 1. The molecule has 0 fully saturated rings. The predicted octanol–water partition coefficient (Wildman–Crippen LogP) is 4.57.